The monoisotopic (exact) mass is 629 g/mol. The molecule has 45 heavy (non-hydrogen) atoms. The second kappa shape index (κ2) is 15.5. The Hall–Kier alpha value is -2.27. The molecule has 0 radical (unpaired) electrons. The van der Waals surface area contributed by atoms with Gasteiger partial charge in [0.15, 0.2) is 0 Å². The van der Waals surface area contributed by atoms with Crippen molar-refractivity contribution >= 4 is 17.8 Å². The summed E-state index contributed by atoms with van der Waals surface area (Å²) in [4.78, 5) is 29.8. The number of unbranched alkanes of at least 4 members (excludes halogenated alkanes) is 2. The van der Waals surface area contributed by atoms with Crippen LogP contribution >= 0.6 is 0 Å². The molecular weight excluding hydrogens is 564 g/mol. The molecule has 3 heterocycles. The van der Waals surface area contributed by atoms with Gasteiger partial charge in [0.05, 0.1) is 13.2 Å². The van der Waals surface area contributed by atoms with Crippen LogP contribution < -0.4 is 15.5 Å². The molecule has 0 spiro atoms. The maximum absolute atomic E-state index is 6.17. The molecule has 2 fully saturated rings. The molecule has 0 atom stereocenters. The first-order valence-electron chi connectivity index (χ1n) is 17.2. The van der Waals surface area contributed by atoms with Gasteiger partial charge < -0.3 is 15.5 Å². The number of aromatic nitrogens is 3. The van der Waals surface area contributed by atoms with E-state index in [1.807, 2.05) is 0 Å². The summed E-state index contributed by atoms with van der Waals surface area (Å²) in [7, 11) is 0. The minimum Gasteiger partial charge on any atom is -0.351 e. The quantitative estimate of drug-likeness (QED) is 0.170. The minimum absolute atomic E-state index is 0.171. The van der Waals surface area contributed by atoms with Gasteiger partial charge in [0.25, 0.3) is 0 Å². The lowest BCUT2D eigenvalue weighted by atomic mass is 9.79. The van der Waals surface area contributed by atoms with E-state index in [0.717, 1.165) is 70.4 Å². The first-order chi connectivity index (χ1) is 21.1. The predicted octanol–water partition coefficient (Wildman–Crippen LogP) is 7.38. The zero-order valence-electron chi connectivity index (χ0n) is 30.2. The number of nitrogens with one attached hydrogen (secondary N) is 2. The maximum Gasteiger partial charge on any atom is 0.231 e. The molecule has 256 valence electrons. The fourth-order valence-electron chi connectivity index (χ4n) is 7.69. The van der Waals surface area contributed by atoms with Crippen LogP contribution in [0.25, 0.3) is 0 Å². The summed E-state index contributed by atoms with van der Waals surface area (Å²) < 4.78 is 0. The first kappa shape index (κ1) is 37.2. The zero-order chi connectivity index (χ0) is 33.5. The molecule has 0 bridgehead atoms. The molecule has 2 aliphatic rings. The van der Waals surface area contributed by atoms with E-state index in [0.29, 0.717) is 25.1 Å². The Kier molecular flexibility index (Phi) is 12.8. The first-order valence-corrected chi connectivity index (χ1v) is 17.2. The fourth-order valence-corrected chi connectivity index (χ4v) is 7.69. The highest BCUT2D eigenvalue weighted by Crippen LogP contribution is 2.41. The van der Waals surface area contributed by atoms with E-state index >= 15 is 0 Å². The standard InChI is InChI=1S/C35H64N8O2/c1-13-17-19-41(20-18-14-2)31-39-29(36-27-23-32(5,6)42(44-21-15-3)33(7,8)24-27)38-30(40-31)37-28-25-34(9,10)43(45-22-16-4)35(11,12)26-28/h15-16,27-28H,3-4,13-14,17-26H2,1-2,5-12H3,(H2,36,37,38,39,40). The maximum atomic E-state index is 6.17. The number of hydrogen-bond donors (Lipinski definition) is 2. The molecule has 0 saturated carbocycles. The number of hydrogen-bond acceptors (Lipinski definition) is 10. The van der Waals surface area contributed by atoms with Crippen LogP contribution in [0.3, 0.4) is 0 Å². The molecule has 0 aliphatic carbocycles. The van der Waals surface area contributed by atoms with Gasteiger partial charge in [0, 0.05) is 47.3 Å². The van der Waals surface area contributed by atoms with Crippen LogP contribution in [-0.4, -0.2) is 85.6 Å². The molecule has 0 amide bonds. The van der Waals surface area contributed by atoms with Crippen molar-refractivity contribution in [2.75, 3.05) is 41.8 Å². The molecule has 0 aromatic carbocycles. The van der Waals surface area contributed by atoms with Crippen molar-refractivity contribution in [1.29, 1.82) is 0 Å². The number of rotatable bonds is 17. The van der Waals surface area contributed by atoms with Crippen molar-refractivity contribution in [2.24, 2.45) is 0 Å². The summed E-state index contributed by atoms with van der Waals surface area (Å²) in [5, 5.41) is 11.8. The highest BCUT2D eigenvalue weighted by atomic mass is 16.7. The van der Waals surface area contributed by atoms with Crippen LogP contribution in [0, 0.1) is 0 Å². The van der Waals surface area contributed by atoms with Crippen LogP contribution in [-0.2, 0) is 9.68 Å². The number of hydroxylamine groups is 4. The summed E-state index contributed by atoms with van der Waals surface area (Å²) >= 11 is 0. The van der Waals surface area contributed by atoms with Crippen LogP contribution in [0.5, 0.6) is 0 Å². The molecule has 10 heteroatoms. The molecule has 3 rings (SSSR count). The van der Waals surface area contributed by atoms with E-state index in [-0.39, 0.29) is 34.2 Å². The third kappa shape index (κ3) is 9.86. The Morgan fingerprint density at radius 2 is 1.04 bits per heavy atom. The van der Waals surface area contributed by atoms with Crippen molar-refractivity contribution < 1.29 is 9.68 Å². The van der Waals surface area contributed by atoms with E-state index in [2.05, 4.69) is 108 Å². The lowest BCUT2D eigenvalue weighted by Gasteiger charge is -2.53. The smallest absolute Gasteiger partial charge is 0.231 e. The predicted molar refractivity (Wildman–Crippen MR) is 187 cm³/mol. The summed E-state index contributed by atoms with van der Waals surface area (Å²) in [5.74, 6) is 2.00. The highest BCUT2D eigenvalue weighted by Gasteiger charge is 2.48. The van der Waals surface area contributed by atoms with E-state index in [9.17, 15) is 0 Å². The summed E-state index contributed by atoms with van der Waals surface area (Å²) in [6.45, 7) is 32.9. The Labute approximate surface area is 274 Å². The Balaban J connectivity index is 1.93. The van der Waals surface area contributed by atoms with Gasteiger partial charge in [0.2, 0.25) is 17.8 Å². The third-order valence-electron chi connectivity index (χ3n) is 8.96. The molecule has 10 nitrogen and oxygen atoms in total. The molecule has 2 saturated heterocycles. The van der Waals surface area contributed by atoms with Crippen LogP contribution in [0.4, 0.5) is 17.8 Å². The van der Waals surface area contributed by atoms with Crippen molar-refractivity contribution in [2.45, 2.75) is 155 Å². The number of nitrogens with zero attached hydrogens (tertiary/aromatic N) is 6. The number of anilines is 3. The lowest BCUT2D eigenvalue weighted by Crippen LogP contribution is -2.62. The van der Waals surface area contributed by atoms with Crippen LogP contribution in [0.15, 0.2) is 25.3 Å². The average Bonchev–Trinajstić information content (AvgIpc) is 2.90. The highest BCUT2D eigenvalue weighted by molar-refractivity contribution is 5.45. The third-order valence-corrected chi connectivity index (χ3v) is 8.96. The largest absolute Gasteiger partial charge is 0.351 e. The van der Waals surface area contributed by atoms with E-state index in [4.69, 9.17) is 24.6 Å². The average molecular weight is 629 g/mol. The molecule has 2 N–H and O–H groups in total. The molecular formula is C35H64N8O2. The molecule has 0 unspecified atom stereocenters. The van der Waals surface area contributed by atoms with E-state index in [1.165, 1.54) is 0 Å². The Morgan fingerprint density at radius 3 is 1.36 bits per heavy atom. The zero-order valence-corrected chi connectivity index (χ0v) is 30.2. The topological polar surface area (TPSA) is 90.9 Å². The summed E-state index contributed by atoms with van der Waals surface area (Å²) in [5.41, 5.74) is -0.752. The van der Waals surface area contributed by atoms with Crippen molar-refractivity contribution in [3.8, 4) is 0 Å². The second-order valence-electron chi connectivity index (χ2n) is 15.5. The minimum atomic E-state index is -0.188. The number of piperidine rings is 2. The Morgan fingerprint density at radius 1 is 0.689 bits per heavy atom. The van der Waals surface area contributed by atoms with Gasteiger partial charge in [-0.05, 0) is 93.9 Å². The van der Waals surface area contributed by atoms with Crippen LogP contribution in [0.2, 0.25) is 0 Å². The van der Waals surface area contributed by atoms with Crippen molar-refractivity contribution in [3.63, 3.8) is 0 Å². The fraction of sp³-hybridized carbons (Fsp3) is 0.800. The normalized spacial score (nSPS) is 21.7. The van der Waals surface area contributed by atoms with Gasteiger partial charge in [-0.2, -0.15) is 25.1 Å². The lowest BCUT2D eigenvalue weighted by molar-refractivity contribution is -0.275. The van der Waals surface area contributed by atoms with Gasteiger partial charge >= 0.3 is 0 Å². The van der Waals surface area contributed by atoms with Gasteiger partial charge in [-0.3, -0.25) is 9.68 Å². The van der Waals surface area contributed by atoms with Gasteiger partial charge in [-0.15, -0.1) is 13.2 Å². The van der Waals surface area contributed by atoms with Crippen molar-refractivity contribution in [1.82, 2.24) is 25.1 Å². The molecule has 1 aromatic rings. The van der Waals surface area contributed by atoms with Crippen molar-refractivity contribution in [3.05, 3.63) is 25.3 Å². The van der Waals surface area contributed by atoms with E-state index < -0.39 is 0 Å². The van der Waals surface area contributed by atoms with Gasteiger partial charge in [0.1, 0.15) is 0 Å². The van der Waals surface area contributed by atoms with Crippen LogP contribution in [0.1, 0.15) is 121 Å². The van der Waals surface area contributed by atoms with Gasteiger partial charge in [-0.25, -0.2) is 0 Å². The Bertz CT molecular complexity index is 989. The van der Waals surface area contributed by atoms with E-state index in [1.54, 1.807) is 12.2 Å². The summed E-state index contributed by atoms with van der Waals surface area (Å²) in [6.07, 6.45) is 11.6. The second-order valence-corrected chi connectivity index (χ2v) is 15.5. The molecule has 2 aliphatic heterocycles. The van der Waals surface area contributed by atoms with Gasteiger partial charge in [-0.1, -0.05) is 38.8 Å². The molecule has 1 aromatic heterocycles. The summed E-state index contributed by atoms with van der Waals surface area (Å²) in [6, 6.07) is 0.342. The SMILES string of the molecule is C=CCON1C(C)(C)CC(Nc2nc(NC3CC(C)(C)N(OCC=C)C(C)(C)C3)nc(N(CCCC)CCCC)n2)CC1(C)C.